The van der Waals surface area contributed by atoms with Gasteiger partial charge in [-0.1, -0.05) is 18.9 Å². The maximum absolute atomic E-state index is 13.1. The lowest BCUT2D eigenvalue weighted by Crippen LogP contribution is -2.32. The van der Waals surface area contributed by atoms with E-state index in [-0.39, 0.29) is 10.8 Å². The van der Waals surface area contributed by atoms with E-state index < -0.39 is 10.0 Å². The number of carbonyl (C=O) groups is 1. The maximum Gasteiger partial charge on any atom is 0.261 e. The van der Waals surface area contributed by atoms with Crippen LogP contribution in [-0.4, -0.2) is 44.8 Å². The summed E-state index contributed by atoms with van der Waals surface area (Å²) in [7, 11) is -3.80. The zero-order valence-corrected chi connectivity index (χ0v) is 19.1. The first-order valence-corrected chi connectivity index (χ1v) is 13.5. The summed E-state index contributed by atoms with van der Waals surface area (Å²) in [6.45, 7) is 1.45. The minimum absolute atomic E-state index is 0.0855. The van der Waals surface area contributed by atoms with Crippen molar-refractivity contribution in [1.29, 1.82) is 0 Å². The van der Waals surface area contributed by atoms with E-state index in [1.165, 1.54) is 17.8 Å². The molecule has 0 aliphatic carbocycles. The van der Waals surface area contributed by atoms with Crippen LogP contribution in [0.4, 0.5) is 5.69 Å². The third-order valence-electron chi connectivity index (χ3n) is 4.93. The van der Waals surface area contributed by atoms with Gasteiger partial charge in [-0.3, -0.25) is 9.52 Å². The summed E-state index contributed by atoms with van der Waals surface area (Å²) in [5.74, 6) is -0.0855. The molecule has 1 N–H and O–H groups in total. The van der Waals surface area contributed by atoms with Crippen molar-refractivity contribution >= 4 is 45.1 Å². The number of hydrogen-bond acceptors (Lipinski definition) is 5. The molecule has 1 fully saturated rings. The summed E-state index contributed by atoms with van der Waals surface area (Å²) < 4.78 is 28.5. The fourth-order valence-electron chi connectivity index (χ4n) is 3.37. The minimum atomic E-state index is -3.80. The third kappa shape index (κ3) is 5.49. The van der Waals surface area contributed by atoms with Crippen molar-refractivity contribution in [2.24, 2.45) is 0 Å². The first-order valence-electron chi connectivity index (χ1n) is 9.59. The van der Waals surface area contributed by atoms with Gasteiger partial charge in [0.1, 0.15) is 0 Å². The van der Waals surface area contributed by atoms with Crippen LogP contribution < -0.4 is 4.72 Å². The summed E-state index contributed by atoms with van der Waals surface area (Å²) in [5.41, 5.74) is 0.964. The molecular formula is C21H26N2O3S3. The number of anilines is 1. The maximum atomic E-state index is 13.1. The van der Waals surface area contributed by atoms with E-state index >= 15 is 0 Å². The van der Waals surface area contributed by atoms with Crippen molar-refractivity contribution in [3.05, 3.63) is 48.0 Å². The predicted molar refractivity (Wildman–Crippen MR) is 122 cm³/mol. The van der Waals surface area contributed by atoms with Crippen LogP contribution in [0.3, 0.4) is 0 Å². The lowest BCUT2D eigenvalue weighted by Gasteiger charge is -2.22. The Labute approximate surface area is 181 Å². The number of benzene rings is 2. The molecule has 2 aromatic rings. The van der Waals surface area contributed by atoms with Gasteiger partial charge in [-0.2, -0.15) is 0 Å². The number of thioether (sulfide) groups is 2. The summed E-state index contributed by atoms with van der Waals surface area (Å²) in [5, 5.41) is 0. The highest BCUT2D eigenvalue weighted by Crippen LogP contribution is 2.28. The van der Waals surface area contributed by atoms with E-state index in [0.717, 1.165) is 48.6 Å². The van der Waals surface area contributed by atoms with Gasteiger partial charge in [-0.15, -0.1) is 23.5 Å². The second-order valence-corrected chi connectivity index (χ2v) is 10.3. The molecule has 1 saturated heterocycles. The average molecular weight is 451 g/mol. The monoisotopic (exact) mass is 450 g/mol. The Kier molecular flexibility index (Phi) is 7.54. The molecule has 0 bridgehead atoms. The Balaban J connectivity index is 1.91. The molecule has 5 nitrogen and oxygen atoms in total. The molecule has 29 heavy (non-hydrogen) atoms. The Hall–Kier alpha value is -1.64. The predicted octanol–water partition coefficient (Wildman–Crippen LogP) is 4.95. The molecule has 0 saturated carbocycles. The number of rotatable bonds is 6. The first kappa shape index (κ1) is 22.1. The number of carbonyl (C=O) groups excluding carboxylic acids is 1. The molecule has 1 aliphatic heterocycles. The van der Waals surface area contributed by atoms with E-state index in [0.29, 0.717) is 11.3 Å². The molecule has 8 heteroatoms. The van der Waals surface area contributed by atoms with Crippen molar-refractivity contribution in [1.82, 2.24) is 4.90 Å². The molecule has 1 heterocycles. The normalized spacial score (nSPS) is 15.0. The first-order chi connectivity index (χ1) is 13.9. The fourth-order valence-corrected chi connectivity index (χ4v) is 5.47. The van der Waals surface area contributed by atoms with Gasteiger partial charge < -0.3 is 4.90 Å². The standard InChI is InChI=1S/C21H26N2O3S3/c1-27-17-9-7-8-16(14-17)22-29(25,26)18-10-11-20(28-2)19(15-18)21(24)23-12-5-3-4-6-13-23/h7-11,14-15,22H,3-6,12-13H2,1-2H3. The second kappa shape index (κ2) is 9.91. The van der Waals surface area contributed by atoms with Gasteiger partial charge >= 0.3 is 0 Å². The summed E-state index contributed by atoms with van der Waals surface area (Å²) in [6, 6.07) is 12.1. The van der Waals surface area contributed by atoms with Crippen LogP contribution in [-0.2, 0) is 10.0 Å². The highest BCUT2D eigenvalue weighted by Gasteiger charge is 2.23. The van der Waals surface area contributed by atoms with Gasteiger partial charge in [0.15, 0.2) is 0 Å². The molecule has 0 radical (unpaired) electrons. The van der Waals surface area contributed by atoms with Crippen molar-refractivity contribution in [3.8, 4) is 0 Å². The molecule has 3 rings (SSSR count). The molecule has 156 valence electrons. The number of hydrogen-bond donors (Lipinski definition) is 1. The van der Waals surface area contributed by atoms with Crippen molar-refractivity contribution < 1.29 is 13.2 Å². The molecule has 0 aromatic heterocycles. The summed E-state index contributed by atoms with van der Waals surface area (Å²) in [4.78, 5) is 16.9. The van der Waals surface area contributed by atoms with Crippen LogP contribution in [0, 0.1) is 0 Å². The largest absolute Gasteiger partial charge is 0.339 e. The Morgan fingerprint density at radius 3 is 2.34 bits per heavy atom. The topological polar surface area (TPSA) is 66.5 Å². The van der Waals surface area contributed by atoms with Crippen molar-refractivity contribution in [2.45, 2.75) is 40.4 Å². The summed E-state index contributed by atoms with van der Waals surface area (Å²) in [6.07, 6.45) is 8.08. The van der Waals surface area contributed by atoms with Crippen LogP contribution in [0.25, 0.3) is 0 Å². The Bertz CT molecular complexity index is 969. The van der Waals surface area contributed by atoms with Gasteiger partial charge in [0.25, 0.3) is 15.9 Å². The smallest absolute Gasteiger partial charge is 0.261 e. The van der Waals surface area contributed by atoms with Crippen LogP contribution in [0.15, 0.2) is 57.2 Å². The lowest BCUT2D eigenvalue weighted by atomic mass is 10.2. The number of nitrogens with zero attached hydrogens (tertiary/aromatic N) is 1. The Morgan fingerprint density at radius 2 is 1.69 bits per heavy atom. The zero-order chi connectivity index (χ0) is 20.9. The second-order valence-electron chi connectivity index (χ2n) is 6.91. The molecule has 1 amide bonds. The van der Waals surface area contributed by atoms with Gasteiger partial charge in [0.05, 0.1) is 10.5 Å². The number of sulfonamides is 1. The Morgan fingerprint density at radius 1 is 0.966 bits per heavy atom. The van der Waals surface area contributed by atoms with Crippen molar-refractivity contribution in [2.75, 3.05) is 30.3 Å². The number of likely N-dealkylation sites (tertiary alicyclic amines) is 1. The van der Waals surface area contributed by atoms with E-state index in [4.69, 9.17) is 0 Å². The fraction of sp³-hybridized carbons (Fsp3) is 0.381. The van der Waals surface area contributed by atoms with E-state index in [1.54, 1.807) is 36.0 Å². The van der Waals surface area contributed by atoms with Crippen molar-refractivity contribution in [3.63, 3.8) is 0 Å². The SMILES string of the molecule is CSc1cccc(NS(=O)(=O)c2ccc(SC)c(C(=O)N3CCCCCC3)c2)c1. The molecule has 0 spiro atoms. The van der Waals surface area contributed by atoms with Crippen LogP contribution in [0.1, 0.15) is 36.0 Å². The lowest BCUT2D eigenvalue weighted by molar-refractivity contribution is 0.0758. The zero-order valence-electron chi connectivity index (χ0n) is 16.7. The number of amides is 1. The average Bonchev–Trinajstić information content (AvgIpc) is 3.02. The third-order valence-corrected chi connectivity index (χ3v) is 7.83. The van der Waals surface area contributed by atoms with Gasteiger partial charge in [0.2, 0.25) is 0 Å². The molecule has 1 aliphatic rings. The highest BCUT2D eigenvalue weighted by atomic mass is 32.2. The van der Waals surface area contributed by atoms with Crippen LogP contribution in [0.5, 0.6) is 0 Å². The van der Waals surface area contributed by atoms with Gasteiger partial charge in [-0.05, 0) is 61.8 Å². The molecule has 0 unspecified atom stereocenters. The van der Waals surface area contributed by atoms with E-state index in [1.807, 2.05) is 29.5 Å². The molecular weight excluding hydrogens is 424 g/mol. The molecule has 2 aromatic carbocycles. The van der Waals surface area contributed by atoms with Crippen LogP contribution in [0.2, 0.25) is 0 Å². The van der Waals surface area contributed by atoms with E-state index in [9.17, 15) is 13.2 Å². The quantitative estimate of drug-likeness (QED) is 0.631. The highest BCUT2D eigenvalue weighted by molar-refractivity contribution is 7.99. The van der Waals surface area contributed by atoms with Crippen LogP contribution >= 0.6 is 23.5 Å². The summed E-state index contributed by atoms with van der Waals surface area (Å²) >= 11 is 3.00. The number of nitrogens with one attached hydrogen (secondary N) is 1. The van der Waals surface area contributed by atoms with Gasteiger partial charge in [0, 0.05) is 28.6 Å². The molecule has 0 atom stereocenters. The minimum Gasteiger partial charge on any atom is -0.339 e. The van der Waals surface area contributed by atoms with Gasteiger partial charge in [-0.25, -0.2) is 8.42 Å². The van der Waals surface area contributed by atoms with E-state index in [2.05, 4.69) is 4.72 Å².